The number of rotatable bonds is 5. The second kappa shape index (κ2) is 8.29. The van der Waals surface area contributed by atoms with Crippen molar-refractivity contribution < 1.29 is 4.42 Å². The Hall–Kier alpha value is -3.09. The molecule has 0 spiro atoms. The largest absolute Gasteiger partial charge is 0.444 e. The Bertz CT molecular complexity index is 929. The fourth-order valence-corrected chi connectivity index (χ4v) is 3.55. The summed E-state index contributed by atoms with van der Waals surface area (Å²) in [7, 11) is 1.96. The lowest BCUT2D eigenvalue weighted by molar-refractivity contribution is 0.485. The van der Waals surface area contributed by atoms with Crippen molar-refractivity contribution in [1.82, 2.24) is 25.0 Å². The number of aryl methyl sites for hydroxylation is 1. The molecule has 7 heteroatoms. The van der Waals surface area contributed by atoms with E-state index >= 15 is 0 Å². The van der Waals surface area contributed by atoms with Crippen molar-refractivity contribution >= 4 is 5.96 Å². The molecular formula is C21H26N6O. The van der Waals surface area contributed by atoms with Gasteiger partial charge < -0.3 is 14.6 Å². The molecule has 1 aliphatic heterocycles. The monoisotopic (exact) mass is 378 g/mol. The molecule has 2 aromatic heterocycles. The first kappa shape index (κ1) is 18.3. The second-order valence-electron chi connectivity index (χ2n) is 7.06. The molecule has 1 unspecified atom stereocenters. The van der Waals surface area contributed by atoms with E-state index in [4.69, 9.17) is 9.41 Å². The number of benzene rings is 1. The molecule has 28 heavy (non-hydrogen) atoms. The summed E-state index contributed by atoms with van der Waals surface area (Å²) in [5, 5.41) is 7.71. The molecule has 1 aliphatic rings. The Morgan fingerprint density at radius 3 is 2.93 bits per heavy atom. The van der Waals surface area contributed by atoms with Gasteiger partial charge in [-0.3, -0.25) is 4.68 Å². The van der Waals surface area contributed by atoms with Gasteiger partial charge in [-0.15, -0.1) is 0 Å². The molecule has 0 aliphatic carbocycles. The first-order chi connectivity index (χ1) is 13.7. The minimum Gasteiger partial charge on any atom is -0.444 e. The first-order valence-electron chi connectivity index (χ1n) is 9.74. The number of nitrogens with one attached hydrogen (secondary N) is 1. The molecule has 1 aromatic carbocycles. The number of guanidine groups is 1. The molecule has 3 heterocycles. The molecule has 146 valence electrons. The third kappa shape index (κ3) is 4.08. The van der Waals surface area contributed by atoms with Gasteiger partial charge in [-0.25, -0.2) is 9.98 Å². The third-order valence-corrected chi connectivity index (χ3v) is 4.98. The van der Waals surface area contributed by atoms with Crippen molar-refractivity contribution in [2.24, 2.45) is 12.0 Å². The maximum Gasteiger partial charge on any atom is 0.226 e. The van der Waals surface area contributed by atoms with Crippen LogP contribution in [0.4, 0.5) is 0 Å². The second-order valence-corrected chi connectivity index (χ2v) is 7.06. The highest BCUT2D eigenvalue weighted by molar-refractivity contribution is 5.80. The number of hydrogen-bond acceptors (Lipinski definition) is 4. The molecule has 1 saturated heterocycles. The van der Waals surface area contributed by atoms with Crippen LogP contribution in [0, 0.1) is 0 Å². The number of nitrogens with zero attached hydrogens (tertiary/aromatic N) is 5. The fraction of sp³-hybridized carbons (Fsp3) is 0.381. The van der Waals surface area contributed by atoms with Gasteiger partial charge in [0, 0.05) is 44.4 Å². The number of aliphatic imine (C=N–C) groups is 1. The summed E-state index contributed by atoms with van der Waals surface area (Å²) in [4.78, 5) is 11.7. The van der Waals surface area contributed by atoms with Gasteiger partial charge in [0.15, 0.2) is 5.96 Å². The van der Waals surface area contributed by atoms with Crippen LogP contribution < -0.4 is 5.32 Å². The van der Waals surface area contributed by atoms with Gasteiger partial charge in [0.05, 0.1) is 12.7 Å². The smallest absolute Gasteiger partial charge is 0.226 e. The van der Waals surface area contributed by atoms with Crippen LogP contribution in [0.2, 0.25) is 0 Å². The lowest BCUT2D eigenvalue weighted by atomic mass is 10.0. The predicted molar refractivity (Wildman–Crippen MR) is 109 cm³/mol. The standard InChI is InChI=1S/C21H26N6O/c1-3-22-21(27-10-9-17(14-27)18-11-24-26(2)13-18)23-12-19-15-28-20(25-19)16-7-5-4-6-8-16/h4-8,11,13,15,17H,3,9-10,12,14H2,1-2H3,(H,22,23). The van der Waals surface area contributed by atoms with Gasteiger partial charge in [0.25, 0.3) is 0 Å². The Kier molecular flexibility index (Phi) is 5.41. The van der Waals surface area contributed by atoms with E-state index in [9.17, 15) is 0 Å². The molecule has 0 radical (unpaired) electrons. The summed E-state index contributed by atoms with van der Waals surface area (Å²) >= 11 is 0. The van der Waals surface area contributed by atoms with Gasteiger partial charge in [-0.1, -0.05) is 18.2 Å². The Balaban J connectivity index is 1.43. The highest BCUT2D eigenvalue weighted by Crippen LogP contribution is 2.26. The van der Waals surface area contributed by atoms with Crippen molar-refractivity contribution in [1.29, 1.82) is 0 Å². The molecule has 1 atom stereocenters. The average molecular weight is 378 g/mol. The van der Waals surface area contributed by atoms with Crippen LogP contribution in [-0.2, 0) is 13.6 Å². The SMILES string of the molecule is CCNC(=NCc1coc(-c2ccccc2)n1)N1CCC(c2cnn(C)c2)C1. The van der Waals surface area contributed by atoms with E-state index in [1.807, 2.05) is 48.3 Å². The normalized spacial score (nSPS) is 17.3. The van der Waals surface area contributed by atoms with E-state index < -0.39 is 0 Å². The minimum absolute atomic E-state index is 0.493. The third-order valence-electron chi connectivity index (χ3n) is 4.98. The molecule has 7 nitrogen and oxygen atoms in total. The minimum atomic E-state index is 0.493. The average Bonchev–Trinajstić information content (AvgIpc) is 3.46. The lowest BCUT2D eigenvalue weighted by Gasteiger charge is -2.21. The molecule has 1 fully saturated rings. The molecule has 1 N–H and O–H groups in total. The Labute approximate surface area is 165 Å². The lowest BCUT2D eigenvalue weighted by Crippen LogP contribution is -2.40. The molecule has 3 aromatic rings. The molecule has 0 saturated carbocycles. The molecule has 4 rings (SSSR count). The number of aromatic nitrogens is 3. The van der Waals surface area contributed by atoms with Crippen LogP contribution in [0.5, 0.6) is 0 Å². The predicted octanol–water partition coefficient (Wildman–Crippen LogP) is 3.03. The van der Waals surface area contributed by atoms with Crippen molar-refractivity contribution in [3.63, 3.8) is 0 Å². The van der Waals surface area contributed by atoms with Crippen LogP contribution in [0.25, 0.3) is 11.5 Å². The fourth-order valence-electron chi connectivity index (χ4n) is 3.55. The summed E-state index contributed by atoms with van der Waals surface area (Å²) in [6, 6.07) is 9.92. The summed E-state index contributed by atoms with van der Waals surface area (Å²) < 4.78 is 7.49. The van der Waals surface area contributed by atoms with E-state index in [2.05, 4.69) is 33.4 Å². The van der Waals surface area contributed by atoms with E-state index in [1.54, 1.807) is 6.26 Å². The van der Waals surface area contributed by atoms with E-state index in [1.165, 1.54) is 5.56 Å². The highest BCUT2D eigenvalue weighted by atomic mass is 16.3. The zero-order chi connectivity index (χ0) is 19.3. The van der Waals surface area contributed by atoms with Crippen molar-refractivity contribution in [3.8, 4) is 11.5 Å². The summed E-state index contributed by atoms with van der Waals surface area (Å²) in [5.74, 6) is 2.06. The van der Waals surface area contributed by atoms with E-state index in [0.717, 1.165) is 43.3 Å². The zero-order valence-electron chi connectivity index (χ0n) is 16.4. The molecular weight excluding hydrogens is 352 g/mol. The van der Waals surface area contributed by atoms with Crippen LogP contribution in [0.15, 0.2) is 58.4 Å². The molecule has 0 amide bonds. The van der Waals surface area contributed by atoms with Crippen LogP contribution in [0.3, 0.4) is 0 Å². The van der Waals surface area contributed by atoms with Crippen LogP contribution in [0.1, 0.15) is 30.5 Å². The Morgan fingerprint density at radius 2 is 2.18 bits per heavy atom. The van der Waals surface area contributed by atoms with Gasteiger partial charge in [0.2, 0.25) is 5.89 Å². The van der Waals surface area contributed by atoms with Crippen LogP contribution >= 0.6 is 0 Å². The summed E-state index contributed by atoms with van der Waals surface area (Å²) in [5.41, 5.74) is 3.10. The number of oxazole rings is 1. The number of hydrogen-bond donors (Lipinski definition) is 1. The van der Waals surface area contributed by atoms with E-state index in [0.29, 0.717) is 18.4 Å². The van der Waals surface area contributed by atoms with Crippen molar-refractivity contribution in [2.45, 2.75) is 25.8 Å². The van der Waals surface area contributed by atoms with Gasteiger partial charge >= 0.3 is 0 Å². The maximum absolute atomic E-state index is 5.62. The first-order valence-corrected chi connectivity index (χ1v) is 9.74. The quantitative estimate of drug-likeness (QED) is 0.546. The summed E-state index contributed by atoms with van der Waals surface area (Å²) in [6.45, 7) is 5.35. The topological polar surface area (TPSA) is 71.5 Å². The van der Waals surface area contributed by atoms with E-state index in [-0.39, 0.29) is 0 Å². The zero-order valence-corrected chi connectivity index (χ0v) is 16.4. The van der Waals surface area contributed by atoms with Gasteiger partial charge in [0.1, 0.15) is 12.0 Å². The Morgan fingerprint density at radius 1 is 1.32 bits per heavy atom. The summed E-state index contributed by atoms with van der Waals surface area (Å²) in [6.07, 6.45) is 6.88. The maximum atomic E-state index is 5.62. The molecule has 0 bridgehead atoms. The van der Waals surface area contributed by atoms with Gasteiger partial charge in [-0.2, -0.15) is 5.10 Å². The number of likely N-dealkylation sites (tertiary alicyclic amines) is 1. The highest BCUT2D eigenvalue weighted by Gasteiger charge is 2.26. The van der Waals surface area contributed by atoms with Gasteiger partial charge in [-0.05, 0) is 31.0 Å². The van der Waals surface area contributed by atoms with Crippen molar-refractivity contribution in [3.05, 3.63) is 60.2 Å². The van der Waals surface area contributed by atoms with Crippen LogP contribution in [-0.4, -0.2) is 45.3 Å². The van der Waals surface area contributed by atoms with Crippen molar-refractivity contribution in [2.75, 3.05) is 19.6 Å².